The molecule has 0 aromatic rings. The number of carbonyl (C=O) groups excluding carboxylic acids is 1. The minimum absolute atomic E-state index is 0.0951. The van der Waals surface area contributed by atoms with Gasteiger partial charge in [0.1, 0.15) is 6.61 Å². The summed E-state index contributed by atoms with van der Waals surface area (Å²) >= 11 is 0. The molecular formula is C13H25N3O2. The molecule has 2 aliphatic rings. The zero-order valence-electron chi connectivity index (χ0n) is 11.7. The van der Waals surface area contributed by atoms with Crippen LogP contribution in [0.25, 0.3) is 0 Å². The molecule has 2 fully saturated rings. The lowest BCUT2D eigenvalue weighted by Gasteiger charge is -2.39. The first-order valence-corrected chi connectivity index (χ1v) is 6.76. The lowest BCUT2D eigenvalue weighted by Crippen LogP contribution is -2.59. The molecule has 104 valence electrons. The maximum Gasteiger partial charge on any atom is 0.248 e. The SMILES string of the molecule is CN1CCC(CN(C)C(=O)COC2(C)CNC2)C1. The first kappa shape index (κ1) is 13.8. The number of nitrogens with zero attached hydrogens (tertiary/aromatic N) is 2. The molecule has 18 heavy (non-hydrogen) atoms. The molecule has 0 saturated carbocycles. The van der Waals surface area contributed by atoms with Gasteiger partial charge in [-0.25, -0.2) is 0 Å². The Labute approximate surface area is 109 Å². The van der Waals surface area contributed by atoms with Crippen LogP contribution in [0.4, 0.5) is 0 Å². The monoisotopic (exact) mass is 255 g/mol. The van der Waals surface area contributed by atoms with Crippen LogP contribution in [-0.4, -0.2) is 74.7 Å². The number of hydrogen-bond donors (Lipinski definition) is 1. The highest BCUT2D eigenvalue weighted by Crippen LogP contribution is 2.17. The van der Waals surface area contributed by atoms with E-state index < -0.39 is 0 Å². The Hall–Kier alpha value is -0.650. The molecule has 0 aromatic carbocycles. The Morgan fingerprint density at radius 3 is 2.78 bits per heavy atom. The number of likely N-dealkylation sites (N-methyl/N-ethyl adjacent to an activating group) is 1. The van der Waals surface area contributed by atoms with Gasteiger partial charge in [0.05, 0.1) is 5.60 Å². The van der Waals surface area contributed by atoms with Gasteiger partial charge in [0.2, 0.25) is 5.91 Å². The zero-order valence-corrected chi connectivity index (χ0v) is 11.7. The van der Waals surface area contributed by atoms with Gasteiger partial charge in [-0.15, -0.1) is 0 Å². The summed E-state index contributed by atoms with van der Waals surface area (Å²) in [4.78, 5) is 16.1. The molecule has 0 bridgehead atoms. The number of amides is 1. The molecule has 5 nitrogen and oxygen atoms in total. The van der Waals surface area contributed by atoms with Crippen molar-refractivity contribution in [3.05, 3.63) is 0 Å². The minimum atomic E-state index is -0.135. The molecule has 1 amide bonds. The first-order chi connectivity index (χ1) is 8.48. The highest BCUT2D eigenvalue weighted by Gasteiger charge is 2.33. The van der Waals surface area contributed by atoms with Crippen LogP contribution in [0.1, 0.15) is 13.3 Å². The first-order valence-electron chi connectivity index (χ1n) is 6.76. The summed E-state index contributed by atoms with van der Waals surface area (Å²) in [5, 5.41) is 3.16. The van der Waals surface area contributed by atoms with E-state index in [-0.39, 0.29) is 18.1 Å². The Bertz CT molecular complexity index is 305. The smallest absolute Gasteiger partial charge is 0.248 e. The second-order valence-electron chi connectivity index (χ2n) is 6.03. The van der Waals surface area contributed by atoms with E-state index in [0.29, 0.717) is 5.92 Å². The van der Waals surface area contributed by atoms with Crippen LogP contribution in [0.3, 0.4) is 0 Å². The van der Waals surface area contributed by atoms with Gasteiger partial charge < -0.3 is 19.9 Å². The van der Waals surface area contributed by atoms with Gasteiger partial charge in [0, 0.05) is 33.2 Å². The highest BCUT2D eigenvalue weighted by atomic mass is 16.5. The summed E-state index contributed by atoms with van der Waals surface area (Å²) in [5.41, 5.74) is -0.135. The summed E-state index contributed by atoms with van der Waals surface area (Å²) in [7, 11) is 4.01. The van der Waals surface area contributed by atoms with Gasteiger partial charge in [-0.3, -0.25) is 4.79 Å². The maximum absolute atomic E-state index is 12.0. The van der Waals surface area contributed by atoms with Gasteiger partial charge in [0.15, 0.2) is 0 Å². The summed E-state index contributed by atoms with van der Waals surface area (Å²) in [6.07, 6.45) is 1.19. The number of carbonyl (C=O) groups is 1. The van der Waals surface area contributed by atoms with E-state index in [2.05, 4.69) is 17.3 Å². The second kappa shape index (κ2) is 5.55. The van der Waals surface area contributed by atoms with Crippen LogP contribution < -0.4 is 5.32 Å². The third-order valence-corrected chi connectivity index (χ3v) is 3.99. The largest absolute Gasteiger partial charge is 0.363 e. The molecule has 2 heterocycles. The van der Waals surface area contributed by atoms with E-state index in [4.69, 9.17) is 4.74 Å². The van der Waals surface area contributed by atoms with Crippen molar-refractivity contribution in [3.8, 4) is 0 Å². The molecule has 0 spiro atoms. The Balaban J connectivity index is 1.68. The van der Waals surface area contributed by atoms with Crippen molar-refractivity contribution in [2.45, 2.75) is 18.9 Å². The predicted molar refractivity (Wildman–Crippen MR) is 70.5 cm³/mol. The van der Waals surface area contributed by atoms with Gasteiger partial charge in [0.25, 0.3) is 0 Å². The molecule has 0 radical (unpaired) electrons. The predicted octanol–water partition coefficient (Wildman–Crippen LogP) is -0.225. The molecule has 1 atom stereocenters. The van der Waals surface area contributed by atoms with Crippen LogP contribution in [0, 0.1) is 5.92 Å². The fourth-order valence-electron chi connectivity index (χ4n) is 2.59. The summed E-state index contributed by atoms with van der Waals surface area (Å²) in [5.74, 6) is 0.711. The van der Waals surface area contributed by atoms with E-state index >= 15 is 0 Å². The topological polar surface area (TPSA) is 44.8 Å². The number of hydrogen-bond acceptors (Lipinski definition) is 4. The average molecular weight is 255 g/mol. The van der Waals surface area contributed by atoms with Gasteiger partial charge in [-0.2, -0.15) is 0 Å². The third-order valence-electron chi connectivity index (χ3n) is 3.99. The van der Waals surface area contributed by atoms with Gasteiger partial charge in [-0.1, -0.05) is 0 Å². The van der Waals surface area contributed by atoms with E-state index in [1.165, 1.54) is 6.42 Å². The Kier molecular flexibility index (Phi) is 4.25. The lowest BCUT2D eigenvalue weighted by molar-refractivity contribution is -0.145. The lowest BCUT2D eigenvalue weighted by atomic mass is 10.0. The molecule has 1 N–H and O–H groups in total. The quantitative estimate of drug-likeness (QED) is 0.737. The second-order valence-corrected chi connectivity index (χ2v) is 6.03. The number of nitrogens with one attached hydrogen (secondary N) is 1. The molecule has 5 heteroatoms. The van der Waals surface area contributed by atoms with Crippen molar-refractivity contribution < 1.29 is 9.53 Å². The standard InChI is InChI=1S/C13H25N3O2/c1-13(9-14-10-13)18-8-12(17)16(3)7-11-4-5-15(2)6-11/h11,14H,4-10H2,1-3H3. The van der Waals surface area contributed by atoms with Crippen LogP contribution in [-0.2, 0) is 9.53 Å². The number of ether oxygens (including phenoxy) is 1. The molecule has 0 aliphatic carbocycles. The molecule has 2 rings (SSSR count). The van der Waals surface area contributed by atoms with E-state index in [0.717, 1.165) is 32.7 Å². The van der Waals surface area contributed by atoms with Crippen LogP contribution in [0.15, 0.2) is 0 Å². The van der Waals surface area contributed by atoms with Crippen molar-refractivity contribution in [2.75, 3.05) is 53.4 Å². The molecule has 0 aromatic heterocycles. The fraction of sp³-hybridized carbons (Fsp3) is 0.923. The zero-order chi connectivity index (χ0) is 13.2. The average Bonchev–Trinajstić information content (AvgIpc) is 2.69. The summed E-state index contributed by atoms with van der Waals surface area (Å²) in [6, 6.07) is 0. The van der Waals surface area contributed by atoms with E-state index in [9.17, 15) is 4.79 Å². The van der Waals surface area contributed by atoms with Crippen LogP contribution in [0.2, 0.25) is 0 Å². The number of likely N-dealkylation sites (tertiary alicyclic amines) is 1. The summed E-state index contributed by atoms with van der Waals surface area (Å²) < 4.78 is 5.67. The van der Waals surface area contributed by atoms with Crippen molar-refractivity contribution >= 4 is 5.91 Å². The van der Waals surface area contributed by atoms with E-state index in [1.807, 2.05) is 18.9 Å². The fourth-order valence-corrected chi connectivity index (χ4v) is 2.59. The summed E-state index contributed by atoms with van der Waals surface area (Å²) in [6.45, 7) is 7.03. The molecule has 1 unspecified atom stereocenters. The van der Waals surface area contributed by atoms with Gasteiger partial charge >= 0.3 is 0 Å². The highest BCUT2D eigenvalue weighted by molar-refractivity contribution is 5.77. The van der Waals surface area contributed by atoms with Gasteiger partial charge in [-0.05, 0) is 32.9 Å². The molecular weight excluding hydrogens is 230 g/mol. The maximum atomic E-state index is 12.0. The molecule has 2 saturated heterocycles. The Morgan fingerprint density at radius 2 is 2.28 bits per heavy atom. The van der Waals surface area contributed by atoms with Crippen molar-refractivity contribution in [1.29, 1.82) is 0 Å². The van der Waals surface area contributed by atoms with Crippen LogP contribution >= 0.6 is 0 Å². The normalized spacial score (nSPS) is 26.9. The third kappa shape index (κ3) is 3.43. The molecule has 2 aliphatic heterocycles. The van der Waals surface area contributed by atoms with Crippen LogP contribution in [0.5, 0.6) is 0 Å². The van der Waals surface area contributed by atoms with Crippen molar-refractivity contribution in [3.63, 3.8) is 0 Å². The Morgan fingerprint density at radius 1 is 1.56 bits per heavy atom. The number of rotatable bonds is 5. The van der Waals surface area contributed by atoms with E-state index in [1.54, 1.807) is 0 Å². The van der Waals surface area contributed by atoms with Crippen molar-refractivity contribution in [1.82, 2.24) is 15.1 Å². The van der Waals surface area contributed by atoms with Crippen molar-refractivity contribution in [2.24, 2.45) is 5.92 Å². The minimum Gasteiger partial charge on any atom is -0.363 e.